The first kappa shape index (κ1) is 21.1. The van der Waals surface area contributed by atoms with Gasteiger partial charge in [0.05, 0.1) is 29.1 Å². The number of imide groups is 1. The van der Waals surface area contributed by atoms with Crippen LogP contribution in [0.1, 0.15) is 43.5 Å². The maximum atomic E-state index is 12.6. The molecule has 0 atom stereocenters. The molecule has 34 heavy (non-hydrogen) atoms. The summed E-state index contributed by atoms with van der Waals surface area (Å²) < 4.78 is 1.51. The summed E-state index contributed by atoms with van der Waals surface area (Å²) in [6.45, 7) is 0.154. The standard InChI is InChI=1S/C24H19N7O3/c1-30-22(26-28-29-30)21(16-8-3-2-4-9-16)27-34-15-18-11-7-10-17(25-18)14-31-23(32)19-12-5-6-13-20(19)24(31)33/h2-13H,14-15H2,1H3/b27-21-. The van der Waals surface area contributed by atoms with Crippen molar-refractivity contribution >= 4 is 17.5 Å². The molecule has 0 spiro atoms. The molecular weight excluding hydrogens is 434 g/mol. The fourth-order valence-electron chi connectivity index (χ4n) is 3.65. The second kappa shape index (κ2) is 9.02. The first-order chi connectivity index (χ1) is 16.6. The molecule has 2 aromatic heterocycles. The molecular formula is C24H19N7O3. The van der Waals surface area contributed by atoms with Crippen molar-refractivity contribution in [2.45, 2.75) is 13.2 Å². The molecule has 0 N–H and O–H groups in total. The van der Waals surface area contributed by atoms with E-state index in [0.29, 0.717) is 34.1 Å². The third-order valence-corrected chi connectivity index (χ3v) is 5.31. The van der Waals surface area contributed by atoms with Crippen LogP contribution in [0.4, 0.5) is 0 Å². The van der Waals surface area contributed by atoms with E-state index in [4.69, 9.17) is 4.84 Å². The fraction of sp³-hybridized carbons (Fsp3) is 0.125. The summed E-state index contributed by atoms with van der Waals surface area (Å²) in [6, 6.07) is 21.6. The zero-order valence-corrected chi connectivity index (χ0v) is 18.2. The predicted octanol–water partition coefficient (Wildman–Crippen LogP) is 2.37. The van der Waals surface area contributed by atoms with E-state index in [1.54, 1.807) is 49.5 Å². The quantitative estimate of drug-likeness (QED) is 0.240. The third-order valence-electron chi connectivity index (χ3n) is 5.31. The number of oxime groups is 1. The lowest BCUT2D eigenvalue weighted by atomic mass is 10.1. The van der Waals surface area contributed by atoms with Crippen molar-refractivity contribution in [2.75, 3.05) is 0 Å². The van der Waals surface area contributed by atoms with Crippen molar-refractivity contribution in [3.63, 3.8) is 0 Å². The van der Waals surface area contributed by atoms with E-state index in [9.17, 15) is 9.59 Å². The number of fused-ring (bicyclic) bond motifs is 1. The van der Waals surface area contributed by atoms with E-state index in [1.165, 1.54) is 9.58 Å². The number of carbonyl (C=O) groups is 2. The monoisotopic (exact) mass is 453 g/mol. The molecule has 3 heterocycles. The highest BCUT2D eigenvalue weighted by molar-refractivity contribution is 6.21. The first-order valence-electron chi connectivity index (χ1n) is 10.5. The lowest BCUT2D eigenvalue weighted by Gasteiger charge is -2.13. The van der Waals surface area contributed by atoms with Gasteiger partial charge in [-0.25, -0.2) is 4.68 Å². The molecule has 1 aliphatic heterocycles. The van der Waals surface area contributed by atoms with Crippen molar-refractivity contribution in [2.24, 2.45) is 12.2 Å². The van der Waals surface area contributed by atoms with Gasteiger partial charge in [0.1, 0.15) is 0 Å². The Balaban J connectivity index is 1.32. The maximum absolute atomic E-state index is 12.6. The minimum Gasteiger partial charge on any atom is -0.389 e. The van der Waals surface area contributed by atoms with Gasteiger partial charge in [0.15, 0.2) is 12.3 Å². The lowest BCUT2D eigenvalue weighted by Crippen LogP contribution is -2.29. The summed E-state index contributed by atoms with van der Waals surface area (Å²) in [7, 11) is 1.72. The van der Waals surface area contributed by atoms with E-state index in [2.05, 4.69) is 25.7 Å². The predicted molar refractivity (Wildman–Crippen MR) is 121 cm³/mol. The summed E-state index contributed by atoms with van der Waals surface area (Å²) in [4.78, 5) is 36.6. The number of aryl methyl sites for hydroxylation is 1. The van der Waals surface area contributed by atoms with Gasteiger partial charge in [-0.2, -0.15) is 0 Å². The van der Waals surface area contributed by atoms with Gasteiger partial charge in [-0.3, -0.25) is 19.5 Å². The summed E-state index contributed by atoms with van der Waals surface area (Å²) in [6.07, 6.45) is 0. The smallest absolute Gasteiger partial charge is 0.261 e. The summed E-state index contributed by atoms with van der Waals surface area (Å²) in [5.74, 6) is -0.185. The Bertz CT molecular complexity index is 1360. The number of rotatable bonds is 7. The Hall–Kier alpha value is -4.73. The van der Waals surface area contributed by atoms with Gasteiger partial charge in [0.2, 0.25) is 5.82 Å². The SMILES string of the molecule is Cn1nnnc1/C(=N\OCc1cccc(CN2C(=O)c3ccccc3C2=O)n1)c1ccccc1. The summed E-state index contributed by atoms with van der Waals surface area (Å²) >= 11 is 0. The molecule has 0 radical (unpaired) electrons. The second-order valence-corrected chi connectivity index (χ2v) is 7.57. The van der Waals surface area contributed by atoms with Crippen LogP contribution in [0.2, 0.25) is 0 Å². The van der Waals surface area contributed by atoms with E-state index >= 15 is 0 Å². The van der Waals surface area contributed by atoms with Crippen LogP contribution in [0.5, 0.6) is 0 Å². The van der Waals surface area contributed by atoms with Crippen LogP contribution in [-0.4, -0.2) is 47.6 Å². The molecule has 0 fully saturated rings. The number of aromatic nitrogens is 5. The molecule has 168 valence electrons. The van der Waals surface area contributed by atoms with Crippen molar-refractivity contribution in [3.05, 3.63) is 107 Å². The van der Waals surface area contributed by atoms with Crippen molar-refractivity contribution < 1.29 is 14.4 Å². The molecule has 0 saturated carbocycles. The van der Waals surface area contributed by atoms with Gasteiger partial charge in [-0.05, 0) is 34.7 Å². The Morgan fingerprint density at radius 1 is 0.882 bits per heavy atom. The van der Waals surface area contributed by atoms with Crippen molar-refractivity contribution in [1.82, 2.24) is 30.1 Å². The molecule has 0 bridgehead atoms. The number of pyridine rings is 1. The van der Waals surface area contributed by atoms with Gasteiger partial charge < -0.3 is 4.84 Å². The highest BCUT2D eigenvalue weighted by Crippen LogP contribution is 2.24. The third kappa shape index (κ3) is 4.04. The van der Waals surface area contributed by atoms with Crippen LogP contribution in [-0.2, 0) is 25.0 Å². The maximum Gasteiger partial charge on any atom is 0.261 e. The van der Waals surface area contributed by atoms with Crippen LogP contribution in [0.25, 0.3) is 0 Å². The second-order valence-electron chi connectivity index (χ2n) is 7.57. The average molecular weight is 453 g/mol. The molecule has 4 aromatic rings. The summed E-state index contributed by atoms with van der Waals surface area (Å²) in [5.41, 5.74) is 3.27. The van der Waals surface area contributed by atoms with E-state index in [0.717, 1.165) is 5.56 Å². The molecule has 0 saturated heterocycles. The number of tetrazole rings is 1. The summed E-state index contributed by atoms with van der Waals surface area (Å²) in [5, 5.41) is 15.8. The van der Waals surface area contributed by atoms with Gasteiger partial charge in [-0.15, -0.1) is 5.10 Å². The van der Waals surface area contributed by atoms with Crippen LogP contribution in [0.3, 0.4) is 0 Å². The largest absolute Gasteiger partial charge is 0.389 e. The molecule has 1 aliphatic rings. The average Bonchev–Trinajstić information content (AvgIpc) is 3.39. The van der Waals surface area contributed by atoms with Gasteiger partial charge in [0, 0.05) is 12.6 Å². The van der Waals surface area contributed by atoms with E-state index in [-0.39, 0.29) is 25.0 Å². The molecule has 10 heteroatoms. The Kier molecular flexibility index (Phi) is 5.61. The highest BCUT2D eigenvalue weighted by Gasteiger charge is 2.35. The van der Waals surface area contributed by atoms with Crippen molar-refractivity contribution in [3.8, 4) is 0 Å². The number of amides is 2. The number of hydrogen-bond acceptors (Lipinski definition) is 8. The molecule has 10 nitrogen and oxygen atoms in total. The number of carbonyl (C=O) groups excluding carboxylic acids is 2. The Labute approximate surface area is 194 Å². The molecule has 2 aromatic carbocycles. The number of benzene rings is 2. The van der Waals surface area contributed by atoms with Crippen LogP contribution >= 0.6 is 0 Å². The number of hydrogen-bond donors (Lipinski definition) is 0. The highest BCUT2D eigenvalue weighted by atomic mass is 16.6. The van der Waals surface area contributed by atoms with Crippen LogP contribution < -0.4 is 0 Å². The first-order valence-corrected chi connectivity index (χ1v) is 10.5. The molecule has 5 rings (SSSR count). The van der Waals surface area contributed by atoms with Gasteiger partial charge >= 0.3 is 0 Å². The van der Waals surface area contributed by atoms with Gasteiger partial charge in [-0.1, -0.05) is 53.7 Å². The van der Waals surface area contributed by atoms with Crippen molar-refractivity contribution in [1.29, 1.82) is 0 Å². The Morgan fingerprint density at radius 3 is 2.24 bits per heavy atom. The molecule has 2 amide bonds. The topological polar surface area (TPSA) is 115 Å². The van der Waals surface area contributed by atoms with Crippen LogP contribution in [0.15, 0.2) is 78.0 Å². The zero-order chi connectivity index (χ0) is 23.5. The molecule has 0 unspecified atom stereocenters. The zero-order valence-electron chi connectivity index (χ0n) is 18.2. The fourth-order valence-corrected chi connectivity index (χ4v) is 3.65. The normalized spacial score (nSPS) is 13.3. The van der Waals surface area contributed by atoms with Gasteiger partial charge in [0.25, 0.3) is 11.8 Å². The Morgan fingerprint density at radius 2 is 1.56 bits per heavy atom. The lowest BCUT2D eigenvalue weighted by molar-refractivity contribution is 0.0640. The van der Waals surface area contributed by atoms with Crippen LogP contribution in [0, 0.1) is 0 Å². The van der Waals surface area contributed by atoms with E-state index in [1.807, 2.05) is 30.3 Å². The minimum atomic E-state index is -0.321. The number of nitrogens with zero attached hydrogens (tertiary/aromatic N) is 7. The molecule has 0 aliphatic carbocycles. The van der Waals surface area contributed by atoms with E-state index < -0.39 is 0 Å². The minimum absolute atomic E-state index is 0.0727.